The molecule has 2 aromatic rings. The number of aromatic amines is 1. The molecule has 0 radical (unpaired) electrons. The zero-order chi connectivity index (χ0) is 14.7. The number of thioether (sulfide) groups is 1. The maximum absolute atomic E-state index is 11.3. The fourth-order valence-corrected chi connectivity index (χ4v) is 2.32. The van der Waals surface area contributed by atoms with E-state index < -0.39 is 23.6 Å². The van der Waals surface area contributed by atoms with Crippen LogP contribution in [0, 0.1) is 0 Å². The van der Waals surface area contributed by atoms with E-state index >= 15 is 0 Å². The minimum atomic E-state index is -1.13. The van der Waals surface area contributed by atoms with Gasteiger partial charge < -0.3 is 10.4 Å². The molecule has 0 bridgehead atoms. The van der Waals surface area contributed by atoms with Crippen LogP contribution in [0.2, 0.25) is 0 Å². The number of carboxylic acid groups (broad SMARTS) is 1. The number of hydrogen-bond acceptors (Lipinski definition) is 6. The van der Waals surface area contributed by atoms with Crippen LogP contribution in [-0.4, -0.2) is 48.6 Å². The highest BCUT2D eigenvalue weighted by atomic mass is 32.2. The molecule has 20 heavy (non-hydrogen) atoms. The molecule has 0 aliphatic carbocycles. The molecular formula is C10H11N5O4S. The average Bonchev–Trinajstić information content (AvgIpc) is 2.75. The maximum atomic E-state index is 11.3. The van der Waals surface area contributed by atoms with Crippen molar-refractivity contribution in [2.24, 2.45) is 0 Å². The van der Waals surface area contributed by atoms with E-state index in [1.165, 1.54) is 6.92 Å². The number of carbonyl (C=O) groups is 2. The van der Waals surface area contributed by atoms with E-state index in [1.54, 1.807) is 12.1 Å². The SMILES string of the molecule is CC(=O)NC(CSc1ccc2n[nH]c(=O)n2n1)C(=O)O. The minimum absolute atomic E-state index is 0.0972. The number of rotatable bonds is 5. The molecule has 0 aliphatic heterocycles. The molecule has 106 valence electrons. The molecule has 2 rings (SSSR count). The van der Waals surface area contributed by atoms with Crippen LogP contribution in [0.15, 0.2) is 22.0 Å². The summed E-state index contributed by atoms with van der Waals surface area (Å²) in [6.45, 7) is 1.25. The Hall–Kier alpha value is -2.36. The highest BCUT2D eigenvalue weighted by Gasteiger charge is 2.19. The van der Waals surface area contributed by atoms with Gasteiger partial charge in [-0.15, -0.1) is 11.8 Å². The van der Waals surface area contributed by atoms with Gasteiger partial charge in [-0.25, -0.2) is 14.7 Å². The summed E-state index contributed by atoms with van der Waals surface area (Å²) in [5.41, 5.74) is -0.102. The van der Waals surface area contributed by atoms with Gasteiger partial charge in [0, 0.05) is 12.7 Å². The lowest BCUT2D eigenvalue weighted by Gasteiger charge is -2.12. The molecule has 0 aromatic carbocycles. The van der Waals surface area contributed by atoms with Crippen molar-refractivity contribution in [3.05, 3.63) is 22.6 Å². The molecule has 0 spiro atoms. The lowest BCUT2D eigenvalue weighted by atomic mass is 10.3. The zero-order valence-corrected chi connectivity index (χ0v) is 11.2. The Morgan fingerprint density at radius 2 is 2.30 bits per heavy atom. The zero-order valence-electron chi connectivity index (χ0n) is 10.4. The average molecular weight is 297 g/mol. The smallest absolute Gasteiger partial charge is 0.364 e. The highest BCUT2D eigenvalue weighted by Crippen LogP contribution is 2.15. The number of nitrogens with zero attached hydrogens (tertiary/aromatic N) is 3. The number of amides is 1. The van der Waals surface area contributed by atoms with Crippen LogP contribution in [0.5, 0.6) is 0 Å². The van der Waals surface area contributed by atoms with E-state index in [9.17, 15) is 14.4 Å². The number of aromatic nitrogens is 4. The molecule has 0 aliphatic rings. The molecule has 1 atom stereocenters. The number of H-pyrrole nitrogens is 1. The van der Waals surface area contributed by atoms with Gasteiger partial charge in [0.05, 0.1) is 0 Å². The monoisotopic (exact) mass is 297 g/mol. The molecular weight excluding hydrogens is 286 g/mol. The van der Waals surface area contributed by atoms with Crippen molar-refractivity contribution < 1.29 is 14.7 Å². The van der Waals surface area contributed by atoms with Crippen LogP contribution in [0.3, 0.4) is 0 Å². The predicted molar refractivity (Wildman–Crippen MR) is 69.6 cm³/mol. The molecule has 1 unspecified atom stereocenters. The molecule has 10 heteroatoms. The van der Waals surface area contributed by atoms with Crippen molar-refractivity contribution in [3.63, 3.8) is 0 Å². The quantitative estimate of drug-likeness (QED) is 0.610. The van der Waals surface area contributed by atoms with Crippen LogP contribution in [0.4, 0.5) is 0 Å². The summed E-state index contributed by atoms with van der Waals surface area (Å²) < 4.78 is 1.08. The normalized spacial score (nSPS) is 12.2. The van der Waals surface area contributed by atoms with Crippen LogP contribution < -0.4 is 11.0 Å². The van der Waals surface area contributed by atoms with Crippen molar-refractivity contribution in [3.8, 4) is 0 Å². The first-order chi connectivity index (χ1) is 9.47. The first-order valence-corrected chi connectivity index (χ1v) is 6.53. The van der Waals surface area contributed by atoms with E-state index in [0.29, 0.717) is 10.7 Å². The van der Waals surface area contributed by atoms with E-state index in [1.807, 2.05) is 0 Å². The fourth-order valence-electron chi connectivity index (χ4n) is 1.45. The van der Waals surface area contributed by atoms with Crippen molar-refractivity contribution >= 4 is 29.3 Å². The van der Waals surface area contributed by atoms with Gasteiger partial charge in [-0.05, 0) is 12.1 Å². The Kier molecular flexibility index (Phi) is 4.03. The topological polar surface area (TPSA) is 129 Å². The highest BCUT2D eigenvalue weighted by molar-refractivity contribution is 7.99. The van der Waals surface area contributed by atoms with Gasteiger partial charge in [-0.3, -0.25) is 4.79 Å². The van der Waals surface area contributed by atoms with Crippen molar-refractivity contribution in [1.82, 2.24) is 25.1 Å². The number of carboxylic acids is 1. The standard InChI is InChI=1S/C10H11N5O4S/c1-5(16)11-6(9(17)18)4-20-8-3-2-7-12-13-10(19)15(7)14-8/h2-3,6H,4H2,1H3,(H,11,16)(H,13,19)(H,17,18). The van der Waals surface area contributed by atoms with Crippen molar-refractivity contribution in [1.29, 1.82) is 0 Å². The van der Waals surface area contributed by atoms with Gasteiger partial charge in [-0.1, -0.05) is 0 Å². The fraction of sp³-hybridized carbons (Fsp3) is 0.300. The number of fused-ring (bicyclic) bond motifs is 1. The van der Waals surface area contributed by atoms with Crippen LogP contribution in [-0.2, 0) is 9.59 Å². The Balaban J connectivity index is 2.11. The minimum Gasteiger partial charge on any atom is -0.480 e. The van der Waals surface area contributed by atoms with Crippen LogP contribution in [0.1, 0.15) is 6.92 Å². The summed E-state index contributed by atoms with van der Waals surface area (Å²) in [5.74, 6) is -1.46. The third-order valence-corrected chi connectivity index (χ3v) is 3.34. The molecule has 0 saturated heterocycles. The van der Waals surface area contributed by atoms with Crippen LogP contribution in [0.25, 0.3) is 5.65 Å². The number of carbonyl (C=O) groups excluding carboxylic acids is 1. The van der Waals surface area contributed by atoms with Crippen molar-refractivity contribution in [2.75, 3.05) is 5.75 Å². The molecule has 0 fully saturated rings. The Morgan fingerprint density at radius 1 is 1.55 bits per heavy atom. The van der Waals surface area contributed by atoms with Gasteiger partial charge in [0.15, 0.2) is 5.65 Å². The molecule has 1 amide bonds. The summed E-state index contributed by atoms with van der Waals surface area (Å²) in [7, 11) is 0. The lowest BCUT2D eigenvalue weighted by Crippen LogP contribution is -2.41. The maximum Gasteiger partial charge on any atom is 0.364 e. The summed E-state index contributed by atoms with van der Waals surface area (Å²) in [5, 5.41) is 21.7. The first kappa shape index (κ1) is 14.1. The Bertz CT molecular complexity index is 709. The molecule has 2 aromatic heterocycles. The summed E-state index contributed by atoms with van der Waals surface area (Å²) in [6.07, 6.45) is 0. The largest absolute Gasteiger partial charge is 0.480 e. The summed E-state index contributed by atoms with van der Waals surface area (Å²) in [6, 6.07) is 2.19. The van der Waals surface area contributed by atoms with E-state index in [0.717, 1.165) is 16.3 Å². The number of nitrogens with one attached hydrogen (secondary N) is 2. The first-order valence-electron chi connectivity index (χ1n) is 5.54. The second-order valence-corrected chi connectivity index (χ2v) is 4.91. The second kappa shape index (κ2) is 5.74. The summed E-state index contributed by atoms with van der Waals surface area (Å²) >= 11 is 1.12. The predicted octanol–water partition coefficient (Wildman–Crippen LogP) is -0.901. The van der Waals surface area contributed by atoms with Gasteiger partial charge in [-0.2, -0.15) is 14.7 Å². The third kappa shape index (κ3) is 3.15. The van der Waals surface area contributed by atoms with E-state index in [4.69, 9.17) is 5.11 Å². The Labute approximate surface area is 116 Å². The van der Waals surface area contributed by atoms with Crippen molar-refractivity contribution in [2.45, 2.75) is 18.0 Å². The van der Waals surface area contributed by atoms with Gasteiger partial charge in [0.2, 0.25) is 5.91 Å². The van der Waals surface area contributed by atoms with Gasteiger partial charge >= 0.3 is 11.7 Å². The van der Waals surface area contributed by atoms with E-state index in [-0.39, 0.29) is 5.75 Å². The number of aliphatic carboxylic acids is 1. The van der Waals surface area contributed by atoms with E-state index in [2.05, 4.69) is 20.6 Å². The lowest BCUT2D eigenvalue weighted by molar-refractivity contribution is -0.140. The molecule has 9 nitrogen and oxygen atoms in total. The van der Waals surface area contributed by atoms with Gasteiger partial charge in [0.1, 0.15) is 11.1 Å². The third-order valence-electron chi connectivity index (χ3n) is 2.32. The van der Waals surface area contributed by atoms with Crippen LogP contribution >= 0.6 is 11.8 Å². The second-order valence-electron chi connectivity index (χ2n) is 3.87. The molecule has 3 N–H and O–H groups in total. The summed E-state index contributed by atoms with van der Waals surface area (Å²) in [4.78, 5) is 33.2. The molecule has 0 saturated carbocycles. The Morgan fingerprint density at radius 3 is 2.95 bits per heavy atom. The number of hydrogen-bond donors (Lipinski definition) is 3. The molecule has 2 heterocycles. The van der Waals surface area contributed by atoms with Gasteiger partial charge in [0.25, 0.3) is 0 Å².